The Morgan fingerprint density at radius 1 is 0.950 bits per heavy atom. The van der Waals surface area contributed by atoms with Crippen molar-refractivity contribution < 1.29 is 19.1 Å². The third-order valence-corrected chi connectivity index (χ3v) is 3.17. The lowest BCUT2D eigenvalue weighted by Crippen LogP contribution is -2.16. The van der Waals surface area contributed by atoms with E-state index >= 15 is 0 Å². The maximum absolute atomic E-state index is 11.6. The molecule has 2 unspecified atom stereocenters. The molecule has 0 aliphatic heterocycles. The zero-order valence-electron chi connectivity index (χ0n) is 13.4. The van der Waals surface area contributed by atoms with Gasteiger partial charge in [0.1, 0.15) is 0 Å². The van der Waals surface area contributed by atoms with Crippen LogP contribution < -0.4 is 0 Å². The second-order valence-corrected chi connectivity index (χ2v) is 5.53. The first-order chi connectivity index (χ1) is 9.51. The number of hydrogen-bond acceptors (Lipinski definition) is 4. The summed E-state index contributed by atoms with van der Waals surface area (Å²) >= 11 is 0. The summed E-state index contributed by atoms with van der Waals surface area (Å²) in [6.07, 6.45) is 4.87. The SMILES string of the molecule is CCCOC(=O)CC(C)CCCC(C)C(=O)OCCC. The zero-order valence-corrected chi connectivity index (χ0v) is 13.4. The molecular formula is C16H30O4. The summed E-state index contributed by atoms with van der Waals surface area (Å²) in [5.74, 6) is 0.0237. The Bertz CT molecular complexity index is 276. The van der Waals surface area contributed by atoms with Crippen LogP contribution in [0.4, 0.5) is 0 Å². The normalized spacial score (nSPS) is 13.6. The van der Waals surface area contributed by atoms with Crippen molar-refractivity contribution in [2.45, 2.75) is 66.2 Å². The van der Waals surface area contributed by atoms with E-state index in [4.69, 9.17) is 9.47 Å². The highest BCUT2D eigenvalue weighted by molar-refractivity contribution is 5.71. The van der Waals surface area contributed by atoms with Crippen molar-refractivity contribution in [2.24, 2.45) is 11.8 Å². The fourth-order valence-electron chi connectivity index (χ4n) is 1.90. The highest BCUT2D eigenvalue weighted by Gasteiger charge is 2.15. The molecule has 20 heavy (non-hydrogen) atoms. The molecule has 0 saturated carbocycles. The van der Waals surface area contributed by atoms with Gasteiger partial charge in [0, 0.05) is 6.42 Å². The Morgan fingerprint density at radius 3 is 2.15 bits per heavy atom. The van der Waals surface area contributed by atoms with Gasteiger partial charge in [-0.1, -0.05) is 40.5 Å². The number of ether oxygens (including phenoxy) is 2. The highest BCUT2D eigenvalue weighted by Crippen LogP contribution is 2.17. The summed E-state index contributed by atoms with van der Waals surface area (Å²) in [6, 6.07) is 0. The zero-order chi connectivity index (χ0) is 15.4. The monoisotopic (exact) mass is 286 g/mol. The van der Waals surface area contributed by atoms with Gasteiger partial charge in [0.25, 0.3) is 0 Å². The third-order valence-electron chi connectivity index (χ3n) is 3.17. The Morgan fingerprint density at radius 2 is 1.55 bits per heavy atom. The molecule has 0 aliphatic carbocycles. The van der Waals surface area contributed by atoms with E-state index in [1.807, 2.05) is 27.7 Å². The minimum atomic E-state index is -0.116. The van der Waals surface area contributed by atoms with Gasteiger partial charge in [0.15, 0.2) is 0 Å². The first-order valence-corrected chi connectivity index (χ1v) is 7.83. The van der Waals surface area contributed by atoms with Crippen molar-refractivity contribution in [3.63, 3.8) is 0 Å². The van der Waals surface area contributed by atoms with Gasteiger partial charge in [-0.2, -0.15) is 0 Å². The molecule has 4 nitrogen and oxygen atoms in total. The van der Waals surface area contributed by atoms with E-state index in [0.717, 1.165) is 32.1 Å². The molecule has 0 heterocycles. The summed E-state index contributed by atoms with van der Waals surface area (Å²) in [5, 5.41) is 0. The summed E-state index contributed by atoms with van der Waals surface area (Å²) in [5.41, 5.74) is 0. The van der Waals surface area contributed by atoms with Gasteiger partial charge in [-0.15, -0.1) is 0 Å². The van der Waals surface area contributed by atoms with E-state index in [9.17, 15) is 9.59 Å². The van der Waals surface area contributed by atoms with Gasteiger partial charge in [-0.25, -0.2) is 0 Å². The van der Waals surface area contributed by atoms with Gasteiger partial charge in [0.2, 0.25) is 0 Å². The number of esters is 2. The van der Waals surface area contributed by atoms with Gasteiger partial charge in [-0.3, -0.25) is 9.59 Å². The highest BCUT2D eigenvalue weighted by atomic mass is 16.5. The third kappa shape index (κ3) is 9.82. The molecule has 0 amide bonds. The molecule has 0 N–H and O–H groups in total. The predicted molar refractivity (Wildman–Crippen MR) is 79.3 cm³/mol. The van der Waals surface area contributed by atoms with E-state index in [1.165, 1.54) is 0 Å². The maximum Gasteiger partial charge on any atom is 0.308 e. The molecule has 0 aromatic rings. The van der Waals surface area contributed by atoms with Crippen LogP contribution in [0.3, 0.4) is 0 Å². The first kappa shape index (κ1) is 18.9. The molecule has 0 radical (unpaired) electrons. The lowest BCUT2D eigenvalue weighted by Gasteiger charge is -2.13. The van der Waals surface area contributed by atoms with Crippen LogP contribution in [0, 0.1) is 11.8 Å². The molecule has 0 aromatic heterocycles. The molecule has 0 fully saturated rings. The van der Waals surface area contributed by atoms with Crippen molar-refractivity contribution in [3.8, 4) is 0 Å². The minimum Gasteiger partial charge on any atom is -0.466 e. The van der Waals surface area contributed by atoms with Crippen LogP contribution in [0.25, 0.3) is 0 Å². The first-order valence-electron chi connectivity index (χ1n) is 7.83. The minimum absolute atomic E-state index is 0.0548. The van der Waals surface area contributed by atoms with Crippen LogP contribution >= 0.6 is 0 Å². The van der Waals surface area contributed by atoms with Crippen molar-refractivity contribution in [1.29, 1.82) is 0 Å². The van der Waals surface area contributed by atoms with Crippen LogP contribution in [-0.4, -0.2) is 25.2 Å². The molecule has 0 spiro atoms. The van der Waals surface area contributed by atoms with Crippen LogP contribution in [0.2, 0.25) is 0 Å². The summed E-state index contributed by atoms with van der Waals surface area (Å²) < 4.78 is 10.2. The van der Waals surface area contributed by atoms with Crippen molar-refractivity contribution in [2.75, 3.05) is 13.2 Å². The maximum atomic E-state index is 11.6. The molecule has 2 atom stereocenters. The summed E-state index contributed by atoms with van der Waals surface area (Å²) in [7, 11) is 0. The Kier molecular flexibility index (Phi) is 11.1. The van der Waals surface area contributed by atoms with E-state index in [2.05, 4.69) is 0 Å². The average molecular weight is 286 g/mol. The molecule has 0 aliphatic rings. The van der Waals surface area contributed by atoms with Gasteiger partial charge >= 0.3 is 11.9 Å². The molecule has 118 valence electrons. The lowest BCUT2D eigenvalue weighted by atomic mass is 9.96. The standard InChI is InChI=1S/C16H30O4/c1-5-10-19-15(17)12-13(3)8-7-9-14(4)16(18)20-11-6-2/h13-14H,5-12H2,1-4H3. The molecule has 0 saturated heterocycles. The second-order valence-electron chi connectivity index (χ2n) is 5.53. The Labute approximate surface area is 123 Å². The van der Waals surface area contributed by atoms with Crippen molar-refractivity contribution in [1.82, 2.24) is 0 Å². The van der Waals surface area contributed by atoms with Crippen molar-refractivity contribution >= 4 is 11.9 Å². The van der Waals surface area contributed by atoms with Crippen LogP contribution in [0.5, 0.6) is 0 Å². The topological polar surface area (TPSA) is 52.6 Å². The van der Waals surface area contributed by atoms with E-state index < -0.39 is 0 Å². The molecule has 4 heteroatoms. The number of hydrogen-bond donors (Lipinski definition) is 0. The Balaban J connectivity index is 3.71. The predicted octanol–water partition coefficient (Wildman–Crippen LogP) is 3.73. The summed E-state index contributed by atoms with van der Waals surface area (Å²) in [6.45, 7) is 8.92. The molecule has 0 rings (SSSR count). The molecular weight excluding hydrogens is 256 g/mol. The molecule has 0 bridgehead atoms. The van der Waals surface area contributed by atoms with Crippen molar-refractivity contribution in [3.05, 3.63) is 0 Å². The van der Waals surface area contributed by atoms with Gasteiger partial charge in [0.05, 0.1) is 19.1 Å². The molecule has 0 aromatic carbocycles. The largest absolute Gasteiger partial charge is 0.466 e. The van der Waals surface area contributed by atoms with E-state index in [-0.39, 0.29) is 17.9 Å². The number of carbonyl (C=O) groups is 2. The smallest absolute Gasteiger partial charge is 0.308 e. The number of rotatable bonds is 11. The van der Waals surface area contributed by atoms with Gasteiger partial charge in [-0.05, 0) is 25.2 Å². The number of carbonyl (C=O) groups excluding carboxylic acids is 2. The lowest BCUT2D eigenvalue weighted by molar-refractivity contribution is -0.148. The van der Waals surface area contributed by atoms with Gasteiger partial charge < -0.3 is 9.47 Å². The average Bonchev–Trinajstić information content (AvgIpc) is 2.42. The van der Waals surface area contributed by atoms with Crippen LogP contribution in [-0.2, 0) is 19.1 Å². The van der Waals surface area contributed by atoms with Crippen LogP contribution in [0.15, 0.2) is 0 Å². The van der Waals surface area contributed by atoms with E-state index in [0.29, 0.717) is 25.6 Å². The van der Waals surface area contributed by atoms with E-state index in [1.54, 1.807) is 0 Å². The fraction of sp³-hybridized carbons (Fsp3) is 0.875. The van der Waals surface area contributed by atoms with Crippen LogP contribution in [0.1, 0.15) is 66.2 Å². The summed E-state index contributed by atoms with van der Waals surface area (Å²) in [4.78, 5) is 23.0. The quantitative estimate of drug-likeness (QED) is 0.543. The second kappa shape index (κ2) is 11.7. The Hall–Kier alpha value is -1.06. The fourth-order valence-corrected chi connectivity index (χ4v) is 1.90.